The largest absolute Gasteiger partial charge is 0.489 e. The Morgan fingerprint density at radius 3 is 2.36 bits per heavy atom. The van der Waals surface area contributed by atoms with Crippen LogP contribution in [0.2, 0.25) is 0 Å². The standard InChI is InChI=1S/C21H26N2O.C12H15N3O3/c24-21-18-7-2-1-6-17(18)19(13-8-14-4-3-5-14)22-23(21)20(15-9-10-15)16-11-12-16;1-12(2,17)7-18-8-3-4-10-9(11(13)16)5-14-15(10)6-8/h1-2,6-7,14-16,20H,3-5,8-13H2;3-6,17H,7H2,1-2H3,(H2,13,16). The second-order valence-corrected chi connectivity index (χ2v) is 13.0. The molecule has 0 unspecified atom stereocenters. The molecule has 0 spiro atoms. The van der Waals surface area contributed by atoms with Gasteiger partial charge >= 0.3 is 0 Å². The molecule has 3 N–H and O–H groups in total. The van der Waals surface area contributed by atoms with Crippen molar-refractivity contribution in [1.29, 1.82) is 0 Å². The van der Waals surface area contributed by atoms with Crippen LogP contribution < -0.4 is 16.0 Å². The summed E-state index contributed by atoms with van der Waals surface area (Å²) >= 11 is 0. The van der Waals surface area contributed by atoms with E-state index in [4.69, 9.17) is 15.6 Å². The molecule has 3 saturated carbocycles. The Bertz CT molecular complexity index is 1630. The molecule has 222 valence electrons. The lowest BCUT2D eigenvalue weighted by Crippen LogP contribution is -2.31. The van der Waals surface area contributed by atoms with E-state index < -0.39 is 11.5 Å². The van der Waals surface area contributed by atoms with Gasteiger partial charge in [0.25, 0.3) is 11.5 Å². The maximum Gasteiger partial charge on any atom is 0.274 e. The minimum absolute atomic E-state index is 0.141. The summed E-state index contributed by atoms with van der Waals surface area (Å²) in [6, 6.07) is 11.9. The van der Waals surface area contributed by atoms with Gasteiger partial charge in [0.15, 0.2) is 0 Å². The molecule has 3 aromatic heterocycles. The van der Waals surface area contributed by atoms with Gasteiger partial charge in [0.1, 0.15) is 12.4 Å². The number of nitrogens with zero attached hydrogens (tertiary/aromatic N) is 4. The number of nitrogens with two attached hydrogens (primary N) is 1. The predicted molar refractivity (Wildman–Crippen MR) is 162 cm³/mol. The summed E-state index contributed by atoms with van der Waals surface area (Å²) in [5.74, 6) is 2.32. The highest BCUT2D eigenvalue weighted by Gasteiger charge is 2.44. The van der Waals surface area contributed by atoms with Crippen molar-refractivity contribution in [3.05, 3.63) is 70.4 Å². The third kappa shape index (κ3) is 6.36. The molecular weight excluding hydrogens is 530 g/mol. The maximum atomic E-state index is 13.1. The second-order valence-electron chi connectivity index (χ2n) is 13.0. The number of primary amides is 1. The molecule has 3 fully saturated rings. The van der Waals surface area contributed by atoms with E-state index in [0.29, 0.717) is 34.7 Å². The molecule has 4 aromatic rings. The van der Waals surface area contributed by atoms with Gasteiger partial charge in [-0.25, -0.2) is 9.20 Å². The number of carbonyl (C=O) groups excluding carboxylic acids is 1. The van der Waals surface area contributed by atoms with Crippen LogP contribution in [-0.4, -0.2) is 42.6 Å². The monoisotopic (exact) mass is 571 g/mol. The van der Waals surface area contributed by atoms with Crippen molar-refractivity contribution in [2.24, 2.45) is 23.5 Å². The van der Waals surface area contributed by atoms with Gasteiger partial charge in [-0.05, 0) is 88.3 Å². The number of amides is 1. The van der Waals surface area contributed by atoms with Crippen LogP contribution in [0.5, 0.6) is 5.75 Å². The maximum absolute atomic E-state index is 13.1. The van der Waals surface area contributed by atoms with Crippen LogP contribution in [0.25, 0.3) is 16.3 Å². The number of fused-ring (bicyclic) bond motifs is 2. The number of carbonyl (C=O) groups is 1. The van der Waals surface area contributed by atoms with E-state index in [2.05, 4.69) is 11.2 Å². The SMILES string of the molecule is CC(C)(O)COc1ccc2c(C(N)=O)cnn2c1.O=c1c2ccccc2c(CCC2CCC2)nn1C(C1CC1)C1CC1. The smallest absolute Gasteiger partial charge is 0.274 e. The first-order chi connectivity index (χ1) is 20.2. The minimum Gasteiger partial charge on any atom is -0.489 e. The second kappa shape index (κ2) is 11.5. The first kappa shape index (κ1) is 28.4. The van der Waals surface area contributed by atoms with Crippen molar-refractivity contribution in [3.8, 4) is 5.75 Å². The molecule has 1 amide bonds. The molecule has 0 bridgehead atoms. The molecule has 3 aliphatic carbocycles. The van der Waals surface area contributed by atoms with Crippen LogP contribution in [0, 0.1) is 17.8 Å². The average molecular weight is 572 g/mol. The Kier molecular flexibility index (Phi) is 7.79. The lowest BCUT2D eigenvalue weighted by Gasteiger charge is -2.25. The van der Waals surface area contributed by atoms with E-state index >= 15 is 0 Å². The van der Waals surface area contributed by atoms with Gasteiger partial charge in [-0.3, -0.25) is 9.59 Å². The molecule has 0 saturated heterocycles. The minimum atomic E-state index is -0.905. The molecule has 9 heteroatoms. The van der Waals surface area contributed by atoms with Crippen molar-refractivity contribution < 1.29 is 14.6 Å². The molecule has 9 nitrogen and oxygen atoms in total. The van der Waals surface area contributed by atoms with Crippen LogP contribution >= 0.6 is 0 Å². The molecule has 1 aromatic carbocycles. The van der Waals surface area contributed by atoms with Gasteiger partial charge < -0.3 is 15.6 Å². The molecule has 3 heterocycles. The summed E-state index contributed by atoms with van der Waals surface area (Å²) in [5.41, 5.74) is 6.60. The molecule has 7 rings (SSSR count). The van der Waals surface area contributed by atoms with Crippen molar-refractivity contribution in [3.63, 3.8) is 0 Å². The van der Waals surface area contributed by atoms with Crippen molar-refractivity contribution >= 4 is 22.2 Å². The Morgan fingerprint density at radius 1 is 1.07 bits per heavy atom. The summed E-state index contributed by atoms with van der Waals surface area (Å²) in [7, 11) is 0. The van der Waals surface area contributed by atoms with Crippen LogP contribution in [-0.2, 0) is 6.42 Å². The van der Waals surface area contributed by atoms with Crippen molar-refractivity contribution in [2.45, 2.75) is 83.3 Å². The van der Waals surface area contributed by atoms with E-state index in [1.807, 2.05) is 22.9 Å². The number of aliphatic hydroxyl groups is 1. The van der Waals surface area contributed by atoms with Gasteiger partial charge in [-0.1, -0.05) is 37.5 Å². The fourth-order valence-electron chi connectivity index (χ4n) is 5.94. The van der Waals surface area contributed by atoms with E-state index in [-0.39, 0.29) is 12.2 Å². The number of aromatic nitrogens is 4. The fraction of sp³-hybridized carbons (Fsp3) is 0.515. The molecule has 0 atom stereocenters. The predicted octanol–water partition coefficient (Wildman–Crippen LogP) is 5.07. The molecule has 3 aliphatic rings. The quantitative estimate of drug-likeness (QED) is 0.274. The van der Waals surface area contributed by atoms with Gasteiger partial charge in [0.2, 0.25) is 0 Å². The topological polar surface area (TPSA) is 125 Å². The van der Waals surface area contributed by atoms with Crippen LogP contribution in [0.3, 0.4) is 0 Å². The van der Waals surface area contributed by atoms with Crippen molar-refractivity contribution in [2.75, 3.05) is 6.61 Å². The third-order valence-corrected chi connectivity index (χ3v) is 8.76. The van der Waals surface area contributed by atoms with Crippen molar-refractivity contribution in [1.82, 2.24) is 19.4 Å². The summed E-state index contributed by atoms with van der Waals surface area (Å²) in [4.78, 5) is 24.2. The Morgan fingerprint density at radius 2 is 1.76 bits per heavy atom. The first-order valence-electron chi connectivity index (χ1n) is 15.3. The summed E-state index contributed by atoms with van der Waals surface area (Å²) in [6.45, 7) is 3.48. The Labute approximate surface area is 245 Å². The zero-order valence-electron chi connectivity index (χ0n) is 24.5. The Hall–Kier alpha value is -3.72. The number of rotatable bonds is 10. The number of hydrogen-bond acceptors (Lipinski definition) is 6. The van der Waals surface area contributed by atoms with E-state index in [0.717, 1.165) is 28.8 Å². The zero-order chi connectivity index (χ0) is 29.4. The number of ether oxygens (including phenoxy) is 1. The highest BCUT2D eigenvalue weighted by atomic mass is 16.5. The molecule has 0 aliphatic heterocycles. The van der Waals surface area contributed by atoms with Crippen LogP contribution in [0.15, 0.2) is 53.6 Å². The summed E-state index contributed by atoms with van der Waals surface area (Å²) in [6.07, 6.45) is 14.6. The molecular formula is C33H41N5O4. The highest BCUT2D eigenvalue weighted by Crippen LogP contribution is 2.51. The van der Waals surface area contributed by atoms with Gasteiger partial charge in [-0.15, -0.1) is 0 Å². The molecule has 0 radical (unpaired) electrons. The van der Waals surface area contributed by atoms with E-state index in [1.54, 1.807) is 32.2 Å². The van der Waals surface area contributed by atoms with Crippen LogP contribution in [0.4, 0.5) is 0 Å². The average Bonchev–Trinajstić information content (AvgIpc) is 3.88. The third-order valence-electron chi connectivity index (χ3n) is 8.76. The van der Waals surface area contributed by atoms with Gasteiger partial charge in [0.05, 0.1) is 46.2 Å². The van der Waals surface area contributed by atoms with Gasteiger partial charge in [0, 0.05) is 5.39 Å². The van der Waals surface area contributed by atoms with E-state index in [1.165, 1.54) is 62.1 Å². The van der Waals surface area contributed by atoms with Crippen LogP contribution in [0.1, 0.15) is 87.3 Å². The lowest BCUT2D eigenvalue weighted by atomic mass is 9.81. The first-order valence-corrected chi connectivity index (χ1v) is 15.3. The summed E-state index contributed by atoms with van der Waals surface area (Å²) in [5, 5.41) is 20.5. The number of hydrogen-bond donors (Lipinski definition) is 2. The normalized spacial score (nSPS) is 17.2. The Balaban J connectivity index is 0.000000158. The zero-order valence-corrected chi connectivity index (χ0v) is 24.5. The fourth-order valence-corrected chi connectivity index (χ4v) is 5.94. The number of aryl methyl sites for hydroxylation is 1. The number of pyridine rings is 1. The van der Waals surface area contributed by atoms with E-state index in [9.17, 15) is 14.7 Å². The highest BCUT2D eigenvalue weighted by molar-refractivity contribution is 5.99. The molecule has 42 heavy (non-hydrogen) atoms. The summed E-state index contributed by atoms with van der Waals surface area (Å²) < 4.78 is 8.85. The number of benzene rings is 1. The lowest BCUT2D eigenvalue weighted by molar-refractivity contribution is 0.0283. The van der Waals surface area contributed by atoms with Gasteiger partial charge in [-0.2, -0.15) is 10.2 Å².